The second-order valence-corrected chi connectivity index (χ2v) is 6.31. The smallest absolute Gasteiger partial charge is 0.234 e. The fraction of sp³-hybridized carbons (Fsp3) is 0.350. The van der Waals surface area contributed by atoms with Crippen LogP contribution in [0.25, 0.3) is 0 Å². The number of carbonyl (C=O) groups excluding carboxylic acids is 1. The van der Waals surface area contributed by atoms with E-state index >= 15 is 0 Å². The number of nitrogens with one attached hydrogen (secondary N) is 1. The predicted octanol–water partition coefficient (Wildman–Crippen LogP) is 4.59. The molecule has 0 saturated carbocycles. The van der Waals surface area contributed by atoms with E-state index in [1.54, 1.807) is 12.1 Å². The summed E-state index contributed by atoms with van der Waals surface area (Å²) in [6, 6.07) is 13.9. The van der Waals surface area contributed by atoms with Crippen molar-refractivity contribution in [2.45, 2.75) is 33.1 Å². The lowest BCUT2D eigenvalue weighted by molar-refractivity contribution is -0.120. The fourth-order valence-corrected chi connectivity index (χ4v) is 2.63. The van der Waals surface area contributed by atoms with Gasteiger partial charge in [-0.15, -0.1) is 0 Å². The van der Waals surface area contributed by atoms with Crippen molar-refractivity contribution in [3.63, 3.8) is 0 Å². The first-order valence-electron chi connectivity index (χ1n) is 8.31. The second kappa shape index (κ2) is 7.47. The monoisotopic (exact) mass is 328 g/mol. The van der Waals surface area contributed by atoms with Crippen molar-refractivity contribution in [2.24, 2.45) is 0 Å². The molecule has 4 heteroatoms. The third-order valence-electron chi connectivity index (χ3n) is 4.39. The molecule has 24 heavy (non-hydrogen) atoms. The molecule has 0 aliphatic heterocycles. The van der Waals surface area contributed by atoms with Crippen molar-refractivity contribution < 1.29 is 9.18 Å². The van der Waals surface area contributed by atoms with Gasteiger partial charge in [0.25, 0.3) is 0 Å². The average molecular weight is 328 g/mol. The number of benzene rings is 2. The number of carbonyl (C=O) groups is 1. The van der Waals surface area contributed by atoms with Crippen molar-refractivity contribution >= 4 is 17.3 Å². The Kier molecular flexibility index (Phi) is 5.60. The molecule has 3 nitrogen and oxygen atoms in total. The largest absolute Gasteiger partial charge is 0.372 e. The van der Waals surface area contributed by atoms with Gasteiger partial charge >= 0.3 is 0 Å². The minimum Gasteiger partial charge on any atom is -0.372 e. The minimum atomic E-state index is -0.745. The van der Waals surface area contributed by atoms with Crippen LogP contribution >= 0.6 is 0 Å². The van der Waals surface area contributed by atoms with Crippen LogP contribution in [0, 0.1) is 5.82 Å². The van der Waals surface area contributed by atoms with Crippen LogP contribution in [0.2, 0.25) is 0 Å². The molecule has 0 fully saturated rings. The van der Waals surface area contributed by atoms with Gasteiger partial charge in [0, 0.05) is 24.5 Å². The standard InChI is InChI=1S/C20H25FN2O/c1-5-23(6-2)18-13-11-17(12-14-18)22-19(24)20(3,4)15-7-9-16(21)10-8-15/h7-14H,5-6H2,1-4H3,(H,22,24). The maximum absolute atomic E-state index is 13.1. The molecule has 0 heterocycles. The van der Waals surface area contributed by atoms with E-state index in [4.69, 9.17) is 0 Å². The number of anilines is 2. The van der Waals surface area contributed by atoms with Gasteiger partial charge in [-0.25, -0.2) is 4.39 Å². The van der Waals surface area contributed by atoms with E-state index in [-0.39, 0.29) is 11.7 Å². The number of nitrogens with zero attached hydrogens (tertiary/aromatic N) is 1. The van der Waals surface area contributed by atoms with E-state index < -0.39 is 5.41 Å². The molecule has 1 N–H and O–H groups in total. The molecule has 0 unspecified atom stereocenters. The van der Waals surface area contributed by atoms with E-state index in [1.165, 1.54) is 12.1 Å². The maximum atomic E-state index is 13.1. The summed E-state index contributed by atoms with van der Waals surface area (Å²) < 4.78 is 13.1. The lowest BCUT2D eigenvalue weighted by Crippen LogP contribution is -2.34. The zero-order chi connectivity index (χ0) is 17.7. The second-order valence-electron chi connectivity index (χ2n) is 6.31. The first kappa shape index (κ1) is 18.0. The molecule has 0 aromatic heterocycles. The van der Waals surface area contributed by atoms with E-state index in [1.807, 2.05) is 38.1 Å². The average Bonchev–Trinajstić information content (AvgIpc) is 2.58. The van der Waals surface area contributed by atoms with Gasteiger partial charge in [0.2, 0.25) is 5.91 Å². The summed E-state index contributed by atoms with van der Waals surface area (Å²) in [5.74, 6) is -0.424. The number of rotatable bonds is 6. The summed E-state index contributed by atoms with van der Waals surface area (Å²) >= 11 is 0. The van der Waals surface area contributed by atoms with Crippen molar-refractivity contribution in [1.29, 1.82) is 0 Å². The predicted molar refractivity (Wildman–Crippen MR) is 98.1 cm³/mol. The highest BCUT2D eigenvalue weighted by Gasteiger charge is 2.29. The number of hydrogen-bond donors (Lipinski definition) is 1. The van der Waals surface area contributed by atoms with Crippen molar-refractivity contribution in [3.8, 4) is 0 Å². The zero-order valence-corrected chi connectivity index (χ0v) is 14.8. The van der Waals surface area contributed by atoms with Gasteiger partial charge in [0.05, 0.1) is 5.41 Å². The molecule has 0 bridgehead atoms. The van der Waals surface area contributed by atoms with E-state index in [9.17, 15) is 9.18 Å². The highest BCUT2D eigenvalue weighted by molar-refractivity contribution is 5.98. The third-order valence-corrected chi connectivity index (χ3v) is 4.39. The molecular formula is C20H25FN2O. The van der Waals surface area contributed by atoms with Gasteiger partial charge in [0.1, 0.15) is 5.82 Å². The number of amides is 1. The van der Waals surface area contributed by atoms with Crippen LogP contribution in [0.1, 0.15) is 33.3 Å². The highest BCUT2D eigenvalue weighted by Crippen LogP contribution is 2.26. The molecule has 128 valence electrons. The Morgan fingerprint density at radius 1 is 1.00 bits per heavy atom. The third kappa shape index (κ3) is 3.94. The minimum absolute atomic E-state index is 0.121. The van der Waals surface area contributed by atoms with Gasteiger partial charge in [0.15, 0.2) is 0 Å². The Labute approximate surface area is 143 Å². The van der Waals surface area contributed by atoms with Gasteiger partial charge in [-0.05, 0) is 69.7 Å². The Hall–Kier alpha value is -2.36. The first-order chi connectivity index (χ1) is 11.4. The molecule has 0 radical (unpaired) electrons. The van der Waals surface area contributed by atoms with E-state index in [0.29, 0.717) is 0 Å². The summed E-state index contributed by atoms with van der Waals surface area (Å²) in [7, 11) is 0. The molecule has 2 rings (SSSR count). The van der Waals surface area contributed by atoms with Gasteiger partial charge in [-0.3, -0.25) is 4.79 Å². The zero-order valence-electron chi connectivity index (χ0n) is 14.8. The molecule has 2 aromatic carbocycles. The topological polar surface area (TPSA) is 32.3 Å². The van der Waals surface area contributed by atoms with E-state index in [2.05, 4.69) is 24.1 Å². The van der Waals surface area contributed by atoms with Crippen LogP contribution in [0.3, 0.4) is 0 Å². The Morgan fingerprint density at radius 3 is 2.04 bits per heavy atom. The maximum Gasteiger partial charge on any atom is 0.234 e. The SMILES string of the molecule is CCN(CC)c1ccc(NC(=O)C(C)(C)c2ccc(F)cc2)cc1. The van der Waals surface area contributed by atoms with Crippen LogP contribution in [0.15, 0.2) is 48.5 Å². The molecule has 1 amide bonds. The Morgan fingerprint density at radius 2 is 1.54 bits per heavy atom. The van der Waals surface area contributed by atoms with E-state index in [0.717, 1.165) is 30.0 Å². The fourth-order valence-electron chi connectivity index (χ4n) is 2.63. The van der Waals surface area contributed by atoms with Crippen LogP contribution in [-0.4, -0.2) is 19.0 Å². The summed E-state index contributed by atoms with van der Waals surface area (Å²) in [4.78, 5) is 14.9. The highest BCUT2D eigenvalue weighted by atomic mass is 19.1. The number of hydrogen-bond acceptors (Lipinski definition) is 2. The summed E-state index contributed by atoms with van der Waals surface area (Å²) in [5, 5.41) is 2.95. The molecule has 0 saturated heterocycles. The van der Waals surface area contributed by atoms with Gasteiger partial charge < -0.3 is 10.2 Å². The first-order valence-corrected chi connectivity index (χ1v) is 8.31. The van der Waals surface area contributed by atoms with Gasteiger partial charge in [-0.1, -0.05) is 12.1 Å². The molecule has 0 atom stereocenters. The van der Waals surface area contributed by atoms with Crippen molar-refractivity contribution in [3.05, 3.63) is 59.9 Å². The lowest BCUT2D eigenvalue weighted by atomic mass is 9.83. The number of halogens is 1. The molecule has 0 spiro atoms. The summed E-state index contributed by atoms with van der Waals surface area (Å²) in [6.45, 7) is 9.79. The van der Waals surface area contributed by atoms with Crippen LogP contribution in [-0.2, 0) is 10.2 Å². The van der Waals surface area contributed by atoms with Gasteiger partial charge in [-0.2, -0.15) is 0 Å². The Balaban J connectivity index is 2.12. The summed E-state index contributed by atoms with van der Waals surface area (Å²) in [5.41, 5.74) is 1.92. The normalized spacial score (nSPS) is 11.2. The quantitative estimate of drug-likeness (QED) is 0.841. The lowest BCUT2D eigenvalue weighted by Gasteiger charge is -2.25. The Bertz CT molecular complexity index is 674. The van der Waals surface area contributed by atoms with Crippen LogP contribution < -0.4 is 10.2 Å². The van der Waals surface area contributed by atoms with Crippen LogP contribution in [0.4, 0.5) is 15.8 Å². The molecule has 0 aliphatic rings. The molecular weight excluding hydrogens is 303 g/mol. The van der Waals surface area contributed by atoms with Crippen LogP contribution in [0.5, 0.6) is 0 Å². The molecule has 0 aliphatic carbocycles. The molecule has 2 aromatic rings. The van der Waals surface area contributed by atoms with Crippen molar-refractivity contribution in [1.82, 2.24) is 0 Å². The van der Waals surface area contributed by atoms with Crippen molar-refractivity contribution in [2.75, 3.05) is 23.3 Å². The summed E-state index contributed by atoms with van der Waals surface area (Å²) in [6.07, 6.45) is 0.